The summed E-state index contributed by atoms with van der Waals surface area (Å²) in [6.45, 7) is 0. The van der Waals surface area contributed by atoms with Crippen LogP contribution >= 0.6 is 0 Å². The number of anilines is 1. The van der Waals surface area contributed by atoms with Gasteiger partial charge in [0.2, 0.25) is 5.91 Å². The molecule has 0 saturated heterocycles. The van der Waals surface area contributed by atoms with E-state index in [9.17, 15) is 9.59 Å². The van der Waals surface area contributed by atoms with Crippen LogP contribution in [0, 0.1) is 0 Å². The number of carbonyl (C=O) groups is 2. The van der Waals surface area contributed by atoms with Crippen LogP contribution in [-0.4, -0.2) is 28.5 Å². The van der Waals surface area contributed by atoms with Gasteiger partial charge in [0.15, 0.2) is 0 Å². The van der Waals surface area contributed by atoms with E-state index in [0.29, 0.717) is 5.69 Å². The van der Waals surface area contributed by atoms with Crippen molar-refractivity contribution < 1.29 is 14.3 Å². The largest absolute Gasteiger partial charge is 0.469 e. The first-order valence-electron chi connectivity index (χ1n) is 7.97. The molecule has 1 heterocycles. The molecule has 3 aromatic rings. The minimum atomic E-state index is -0.400. The van der Waals surface area contributed by atoms with Gasteiger partial charge in [-0.25, -0.2) is 4.98 Å². The van der Waals surface area contributed by atoms with Gasteiger partial charge in [-0.2, -0.15) is 0 Å². The highest BCUT2D eigenvalue weighted by atomic mass is 16.5. The lowest BCUT2D eigenvalue weighted by molar-refractivity contribution is -0.141. The number of amides is 1. The fraction of sp³-hybridized carbons (Fsp3) is 0.211. The summed E-state index contributed by atoms with van der Waals surface area (Å²) in [5, 5.41) is 2.79. The highest BCUT2D eigenvalue weighted by molar-refractivity contribution is 5.94. The Hall–Kier alpha value is -3.15. The number of imidazole rings is 1. The molecule has 1 aromatic heterocycles. The average Bonchev–Trinajstić information content (AvgIpc) is 2.96. The summed E-state index contributed by atoms with van der Waals surface area (Å²) in [5.41, 5.74) is 3.46. The number of hydrogen-bond donors (Lipinski definition) is 1. The zero-order valence-corrected chi connectivity index (χ0v) is 14.2. The van der Waals surface area contributed by atoms with Gasteiger partial charge in [-0.3, -0.25) is 9.59 Å². The zero-order chi connectivity index (χ0) is 17.8. The first-order chi connectivity index (χ1) is 12.1. The number of ether oxygens (including phenoxy) is 1. The van der Waals surface area contributed by atoms with Crippen LogP contribution in [0.1, 0.15) is 12.8 Å². The molecule has 0 aliphatic carbocycles. The molecule has 0 atom stereocenters. The van der Waals surface area contributed by atoms with Gasteiger partial charge in [0, 0.05) is 24.7 Å². The van der Waals surface area contributed by atoms with Crippen LogP contribution in [0.5, 0.6) is 0 Å². The van der Waals surface area contributed by atoms with Crippen LogP contribution < -0.4 is 5.32 Å². The van der Waals surface area contributed by atoms with E-state index >= 15 is 0 Å². The number of benzene rings is 2. The van der Waals surface area contributed by atoms with Crippen LogP contribution in [0.3, 0.4) is 0 Å². The van der Waals surface area contributed by atoms with Crippen LogP contribution in [-0.2, 0) is 21.4 Å². The van der Waals surface area contributed by atoms with E-state index < -0.39 is 5.97 Å². The number of fused-ring (bicyclic) bond motifs is 1. The summed E-state index contributed by atoms with van der Waals surface area (Å²) < 4.78 is 6.56. The number of methoxy groups -OCH3 is 1. The molecule has 0 fully saturated rings. The van der Waals surface area contributed by atoms with Gasteiger partial charge >= 0.3 is 5.97 Å². The summed E-state index contributed by atoms with van der Waals surface area (Å²) >= 11 is 0. The number of carbonyl (C=O) groups excluding carboxylic acids is 2. The van der Waals surface area contributed by atoms with E-state index in [1.54, 1.807) is 0 Å². The first-order valence-corrected chi connectivity index (χ1v) is 7.97. The quantitative estimate of drug-likeness (QED) is 0.726. The Morgan fingerprint density at radius 1 is 1.12 bits per heavy atom. The maximum Gasteiger partial charge on any atom is 0.306 e. The van der Waals surface area contributed by atoms with Gasteiger partial charge in [-0.05, 0) is 18.2 Å². The van der Waals surface area contributed by atoms with Crippen molar-refractivity contribution in [2.24, 2.45) is 7.05 Å². The minimum Gasteiger partial charge on any atom is -0.469 e. The van der Waals surface area contributed by atoms with Gasteiger partial charge in [-0.1, -0.05) is 30.3 Å². The molecule has 0 bridgehead atoms. The number of rotatable bonds is 5. The number of esters is 1. The Balaban J connectivity index is 1.81. The topological polar surface area (TPSA) is 73.2 Å². The Labute approximate surface area is 145 Å². The second-order valence-electron chi connectivity index (χ2n) is 5.69. The molecule has 0 aliphatic rings. The molecule has 3 rings (SSSR count). The smallest absolute Gasteiger partial charge is 0.306 e. The van der Waals surface area contributed by atoms with E-state index in [1.165, 1.54) is 7.11 Å². The summed E-state index contributed by atoms with van der Waals surface area (Å²) in [4.78, 5) is 27.7. The Bertz CT molecular complexity index is 916. The van der Waals surface area contributed by atoms with Crippen LogP contribution in [0.15, 0.2) is 48.5 Å². The molecule has 6 heteroatoms. The van der Waals surface area contributed by atoms with Crippen LogP contribution in [0.25, 0.3) is 22.4 Å². The predicted octanol–water partition coefficient (Wildman–Crippen LogP) is 3.13. The molecule has 0 spiro atoms. The molecule has 1 amide bonds. The van der Waals surface area contributed by atoms with Gasteiger partial charge in [0.25, 0.3) is 0 Å². The van der Waals surface area contributed by atoms with E-state index in [0.717, 1.165) is 22.4 Å². The van der Waals surface area contributed by atoms with Gasteiger partial charge in [0.1, 0.15) is 5.82 Å². The van der Waals surface area contributed by atoms with Crippen molar-refractivity contribution in [3.8, 4) is 11.4 Å². The molecule has 0 aliphatic heterocycles. The van der Waals surface area contributed by atoms with Gasteiger partial charge in [0.05, 0.1) is 24.6 Å². The van der Waals surface area contributed by atoms with Crippen molar-refractivity contribution in [1.82, 2.24) is 9.55 Å². The molecule has 128 valence electrons. The molecule has 2 aromatic carbocycles. The Morgan fingerprint density at radius 3 is 2.60 bits per heavy atom. The minimum absolute atomic E-state index is 0.0618. The third-order valence-electron chi connectivity index (χ3n) is 3.98. The number of nitrogens with one attached hydrogen (secondary N) is 1. The second-order valence-corrected chi connectivity index (χ2v) is 5.69. The van der Waals surface area contributed by atoms with Crippen molar-refractivity contribution in [2.45, 2.75) is 12.8 Å². The zero-order valence-electron chi connectivity index (χ0n) is 14.2. The van der Waals surface area contributed by atoms with Crippen LogP contribution in [0.4, 0.5) is 5.69 Å². The maximum atomic E-state index is 11.9. The molecular formula is C19H19N3O3. The third kappa shape index (κ3) is 3.68. The van der Waals surface area contributed by atoms with Crippen molar-refractivity contribution >= 4 is 28.6 Å². The van der Waals surface area contributed by atoms with Gasteiger partial charge < -0.3 is 14.6 Å². The van der Waals surface area contributed by atoms with E-state index in [2.05, 4.69) is 15.0 Å². The fourth-order valence-corrected chi connectivity index (χ4v) is 2.66. The van der Waals surface area contributed by atoms with E-state index in [4.69, 9.17) is 0 Å². The highest BCUT2D eigenvalue weighted by Gasteiger charge is 2.11. The molecule has 25 heavy (non-hydrogen) atoms. The summed E-state index contributed by atoms with van der Waals surface area (Å²) in [7, 11) is 3.27. The summed E-state index contributed by atoms with van der Waals surface area (Å²) in [5.74, 6) is 0.233. The predicted molar refractivity (Wildman–Crippen MR) is 96.0 cm³/mol. The Morgan fingerprint density at radius 2 is 1.88 bits per heavy atom. The number of nitrogens with zero attached hydrogens (tertiary/aromatic N) is 2. The molecule has 1 N–H and O–H groups in total. The van der Waals surface area contributed by atoms with Crippen molar-refractivity contribution in [1.29, 1.82) is 0 Å². The monoisotopic (exact) mass is 337 g/mol. The lowest BCUT2D eigenvalue weighted by atomic mass is 10.2. The van der Waals surface area contributed by atoms with Crippen molar-refractivity contribution in [3.63, 3.8) is 0 Å². The summed E-state index contributed by atoms with van der Waals surface area (Å²) in [6.07, 6.45) is 0.147. The van der Waals surface area contributed by atoms with E-state index in [1.807, 2.05) is 60.1 Å². The molecular weight excluding hydrogens is 318 g/mol. The first kappa shape index (κ1) is 16.7. The molecule has 0 saturated carbocycles. The number of aryl methyl sites for hydroxylation is 1. The summed E-state index contributed by atoms with van der Waals surface area (Å²) in [6, 6.07) is 15.5. The van der Waals surface area contributed by atoms with Crippen LogP contribution in [0.2, 0.25) is 0 Å². The highest BCUT2D eigenvalue weighted by Crippen LogP contribution is 2.25. The Kier molecular flexibility index (Phi) is 4.79. The lowest BCUT2D eigenvalue weighted by Crippen LogP contribution is -2.13. The number of hydrogen-bond acceptors (Lipinski definition) is 4. The normalized spacial score (nSPS) is 10.6. The standard InChI is InChI=1S/C19H19N3O3/c1-22-16-9-8-14(20-17(23)10-11-18(24)25-2)12-15(16)21-19(22)13-6-4-3-5-7-13/h3-9,12H,10-11H2,1-2H3,(H,20,23). The SMILES string of the molecule is COC(=O)CCC(=O)Nc1ccc2c(c1)nc(-c1ccccc1)n2C. The molecule has 0 radical (unpaired) electrons. The number of aromatic nitrogens is 2. The molecule has 0 unspecified atom stereocenters. The molecule has 6 nitrogen and oxygen atoms in total. The third-order valence-corrected chi connectivity index (χ3v) is 3.98. The van der Waals surface area contributed by atoms with E-state index in [-0.39, 0.29) is 18.7 Å². The van der Waals surface area contributed by atoms with Gasteiger partial charge in [-0.15, -0.1) is 0 Å². The maximum absolute atomic E-state index is 11.9. The average molecular weight is 337 g/mol. The second kappa shape index (κ2) is 7.17. The van der Waals surface area contributed by atoms with Crippen molar-refractivity contribution in [2.75, 3.05) is 12.4 Å². The lowest BCUT2D eigenvalue weighted by Gasteiger charge is -2.05. The van der Waals surface area contributed by atoms with Crippen molar-refractivity contribution in [3.05, 3.63) is 48.5 Å². The fourth-order valence-electron chi connectivity index (χ4n) is 2.66.